The number of ether oxygens (including phenoxy) is 2. The van der Waals surface area contributed by atoms with Gasteiger partial charge in [-0.15, -0.1) is 0 Å². The molecule has 2 heterocycles. The summed E-state index contributed by atoms with van der Waals surface area (Å²) in [7, 11) is 3.27. The fourth-order valence-electron chi connectivity index (χ4n) is 3.96. The first kappa shape index (κ1) is 19.1. The SMILES string of the molecule is COc1ccc(C2CCCN2CC(=O)Nc2ccc3[nH]c(=O)[nH]c3c2)c(OC)c1. The molecule has 8 nitrogen and oxygen atoms in total. The summed E-state index contributed by atoms with van der Waals surface area (Å²) in [4.78, 5) is 31.6. The minimum absolute atomic E-state index is 0.0957. The van der Waals surface area contributed by atoms with Crippen molar-refractivity contribution < 1.29 is 14.3 Å². The maximum atomic E-state index is 12.7. The average Bonchev–Trinajstić information content (AvgIpc) is 3.32. The number of anilines is 1. The Bertz CT molecular complexity index is 1090. The van der Waals surface area contributed by atoms with Gasteiger partial charge in [-0.05, 0) is 43.7 Å². The van der Waals surface area contributed by atoms with E-state index in [4.69, 9.17) is 9.47 Å². The number of methoxy groups -OCH3 is 2. The van der Waals surface area contributed by atoms with Crippen LogP contribution in [0.1, 0.15) is 24.4 Å². The van der Waals surface area contributed by atoms with Crippen LogP contribution < -0.4 is 20.5 Å². The number of fused-ring (bicyclic) bond motifs is 1. The predicted molar refractivity (Wildman–Crippen MR) is 111 cm³/mol. The van der Waals surface area contributed by atoms with Crippen LogP contribution in [0.4, 0.5) is 5.69 Å². The van der Waals surface area contributed by atoms with Crippen molar-refractivity contribution in [3.8, 4) is 11.5 Å². The molecule has 0 spiro atoms. The fourth-order valence-corrected chi connectivity index (χ4v) is 3.96. The Labute approximate surface area is 167 Å². The molecule has 8 heteroatoms. The van der Waals surface area contributed by atoms with Crippen molar-refractivity contribution in [3.63, 3.8) is 0 Å². The smallest absolute Gasteiger partial charge is 0.323 e. The van der Waals surface area contributed by atoms with E-state index in [-0.39, 0.29) is 24.2 Å². The quantitative estimate of drug-likeness (QED) is 0.595. The van der Waals surface area contributed by atoms with Gasteiger partial charge in [0, 0.05) is 23.4 Å². The Morgan fingerprint density at radius 1 is 1.14 bits per heavy atom. The zero-order valence-electron chi connectivity index (χ0n) is 16.5. The Balaban J connectivity index is 1.47. The van der Waals surface area contributed by atoms with E-state index in [1.54, 1.807) is 32.4 Å². The molecule has 3 aromatic rings. The van der Waals surface area contributed by atoms with Crippen LogP contribution in [-0.4, -0.2) is 48.1 Å². The normalized spacial score (nSPS) is 16.8. The van der Waals surface area contributed by atoms with Gasteiger partial charge in [-0.2, -0.15) is 0 Å². The van der Waals surface area contributed by atoms with E-state index >= 15 is 0 Å². The van der Waals surface area contributed by atoms with Crippen molar-refractivity contribution in [3.05, 3.63) is 52.4 Å². The Kier molecular flexibility index (Phi) is 5.26. The minimum Gasteiger partial charge on any atom is -0.497 e. The van der Waals surface area contributed by atoms with Crippen molar-refractivity contribution >= 4 is 22.6 Å². The highest BCUT2D eigenvalue weighted by Crippen LogP contribution is 2.38. The average molecular weight is 396 g/mol. The van der Waals surface area contributed by atoms with Gasteiger partial charge in [0.1, 0.15) is 11.5 Å². The van der Waals surface area contributed by atoms with E-state index in [0.717, 1.165) is 36.4 Å². The zero-order chi connectivity index (χ0) is 20.4. The molecule has 1 aromatic heterocycles. The minimum atomic E-state index is -0.267. The van der Waals surface area contributed by atoms with Crippen LogP contribution in [0, 0.1) is 0 Å². The number of likely N-dealkylation sites (tertiary alicyclic amines) is 1. The van der Waals surface area contributed by atoms with E-state index in [1.807, 2.05) is 18.2 Å². The number of rotatable bonds is 6. The third-order valence-corrected chi connectivity index (χ3v) is 5.31. The molecule has 152 valence electrons. The van der Waals surface area contributed by atoms with Crippen molar-refractivity contribution in [2.24, 2.45) is 0 Å². The number of amides is 1. The highest BCUT2D eigenvalue weighted by molar-refractivity contribution is 5.94. The molecular weight excluding hydrogens is 372 g/mol. The molecule has 0 radical (unpaired) electrons. The van der Waals surface area contributed by atoms with Crippen LogP contribution in [0.3, 0.4) is 0 Å². The number of hydrogen-bond acceptors (Lipinski definition) is 5. The summed E-state index contributed by atoms with van der Waals surface area (Å²) in [5, 5.41) is 2.92. The molecule has 0 bridgehead atoms. The van der Waals surface area contributed by atoms with Crippen LogP contribution in [0.2, 0.25) is 0 Å². The van der Waals surface area contributed by atoms with Crippen LogP contribution in [-0.2, 0) is 4.79 Å². The molecule has 1 aliphatic rings. The molecule has 1 unspecified atom stereocenters. The van der Waals surface area contributed by atoms with Gasteiger partial charge >= 0.3 is 5.69 Å². The number of carbonyl (C=O) groups is 1. The van der Waals surface area contributed by atoms with Crippen LogP contribution >= 0.6 is 0 Å². The van der Waals surface area contributed by atoms with Crippen LogP contribution in [0.5, 0.6) is 11.5 Å². The first-order valence-electron chi connectivity index (χ1n) is 9.55. The predicted octanol–water partition coefficient (Wildman–Crippen LogP) is 2.65. The fraction of sp³-hybridized carbons (Fsp3) is 0.333. The second-order valence-corrected chi connectivity index (χ2v) is 7.12. The van der Waals surface area contributed by atoms with Gasteiger partial charge in [-0.3, -0.25) is 9.69 Å². The number of carbonyl (C=O) groups excluding carboxylic acids is 1. The van der Waals surface area contributed by atoms with E-state index in [2.05, 4.69) is 20.2 Å². The number of aromatic amines is 2. The molecule has 29 heavy (non-hydrogen) atoms. The molecular formula is C21H24N4O4. The Morgan fingerprint density at radius 2 is 1.97 bits per heavy atom. The number of nitrogens with zero attached hydrogens (tertiary/aromatic N) is 1. The summed E-state index contributed by atoms with van der Waals surface area (Å²) in [5.74, 6) is 1.41. The molecule has 3 N–H and O–H groups in total. The molecule has 1 fully saturated rings. The Hall–Kier alpha value is -3.26. The highest BCUT2D eigenvalue weighted by atomic mass is 16.5. The molecule has 1 saturated heterocycles. The van der Waals surface area contributed by atoms with Gasteiger partial charge < -0.3 is 24.8 Å². The number of benzene rings is 2. The lowest BCUT2D eigenvalue weighted by molar-refractivity contribution is -0.117. The molecule has 2 aromatic carbocycles. The van der Waals surface area contributed by atoms with E-state index in [9.17, 15) is 9.59 Å². The van der Waals surface area contributed by atoms with Gasteiger partial charge in [-0.25, -0.2) is 4.79 Å². The summed E-state index contributed by atoms with van der Waals surface area (Å²) >= 11 is 0. The molecule has 1 aliphatic heterocycles. The van der Waals surface area contributed by atoms with Gasteiger partial charge in [-0.1, -0.05) is 6.07 Å². The summed E-state index contributed by atoms with van der Waals surface area (Å²) in [6.45, 7) is 1.12. The first-order chi connectivity index (χ1) is 14.1. The largest absolute Gasteiger partial charge is 0.497 e. The highest BCUT2D eigenvalue weighted by Gasteiger charge is 2.29. The standard InChI is InChI=1S/C21H24N4O4/c1-28-14-6-7-15(19(11-14)29-2)18-4-3-9-25(18)12-20(26)22-13-5-8-16-17(10-13)24-21(27)23-16/h5-8,10-11,18H,3-4,9,12H2,1-2H3,(H,22,26)(H2,23,24,27). The number of hydrogen-bond donors (Lipinski definition) is 3. The van der Waals surface area contributed by atoms with Crippen LogP contribution in [0.25, 0.3) is 11.0 Å². The third-order valence-electron chi connectivity index (χ3n) is 5.31. The number of imidazole rings is 1. The summed E-state index contributed by atoms with van der Waals surface area (Å²) < 4.78 is 10.8. The maximum absolute atomic E-state index is 12.7. The second-order valence-electron chi connectivity index (χ2n) is 7.12. The van der Waals surface area contributed by atoms with Crippen molar-refractivity contribution in [2.75, 3.05) is 32.6 Å². The molecule has 1 atom stereocenters. The summed E-state index contributed by atoms with van der Waals surface area (Å²) in [6, 6.07) is 11.2. The number of nitrogens with one attached hydrogen (secondary N) is 3. The molecule has 0 aliphatic carbocycles. The first-order valence-corrected chi connectivity index (χ1v) is 9.55. The number of aromatic nitrogens is 2. The summed E-state index contributed by atoms with van der Waals surface area (Å²) in [5.41, 5.74) is 2.81. The lowest BCUT2D eigenvalue weighted by Crippen LogP contribution is -2.33. The van der Waals surface area contributed by atoms with Gasteiger partial charge in [0.25, 0.3) is 0 Å². The number of H-pyrrole nitrogens is 2. The van der Waals surface area contributed by atoms with Crippen LogP contribution in [0.15, 0.2) is 41.2 Å². The van der Waals surface area contributed by atoms with Gasteiger partial charge in [0.15, 0.2) is 0 Å². The monoisotopic (exact) mass is 396 g/mol. The lowest BCUT2D eigenvalue weighted by atomic mass is 10.0. The summed E-state index contributed by atoms with van der Waals surface area (Å²) in [6.07, 6.45) is 1.98. The van der Waals surface area contributed by atoms with Crippen molar-refractivity contribution in [2.45, 2.75) is 18.9 Å². The van der Waals surface area contributed by atoms with Crippen molar-refractivity contribution in [1.29, 1.82) is 0 Å². The van der Waals surface area contributed by atoms with Gasteiger partial charge in [0.05, 0.1) is 31.8 Å². The van der Waals surface area contributed by atoms with Gasteiger partial charge in [0.2, 0.25) is 5.91 Å². The second kappa shape index (κ2) is 8.00. The Morgan fingerprint density at radius 3 is 2.76 bits per heavy atom. The molecule has 0 saturated carbocycles. The lowest BCUT2D eigenvalue weighted by Gasteiger charge is -2.25. The third kappa shape index (κ3) is 3.97. The van der Waals surface area contributed by atoms with E-state index in [0.29, 0.717) is 16.7 Å². The molecule has 4 rings (SSSR count). The maximum Gasteiger partial charge on any atom is 0.323 e. The van der Waals surface area contributed by atoms with E-state index in [1.165, 1.54) is 0 Å². The van der Waals surface area contributed by atoms with E-state index < -0.39 is 0 Å². The topological polar surface area (TPSA) is 99.5 Å². The van der Waals surface area contributed by atoms with Crippen molar-refractivity contribution in [1.82, 2.24) is 14.9 Å². The molecule has 1 amide bonds. The zero-order valence-corrected chi connectivity index (χ0v) is 16.5.